The molecule has 7 heteroatoms. The van der Waals surface area contributed by atoms with Crippen LogP contribution in [0.15, 0.2) is 48.8 Å². The second-order valence-electron chi connectivity index (χ2n) is 7.18. The fraction of sp³-hybridized carbons (Fsp3) is 0.174. The smallest absolute Gasteiger partial charge is 0.339 e. The summed E-state index contributed by atoms with van der Waals surface area (Å²) >= 11 is 0. The monoisotopic (exact) mass is 402 g/mol. The minimum atomic E-state index is -1.03. The number of carboxylic acid groups (broad SMARTS) is 1. The maximum Gasteiger partial charge on any atom is 0.339 e. The van der Waals surface area contributed by atoms with Crippen molar-refractivity contribution in [1.82, 2.24) is 19.7 Å². The molecule has 0 atom stereocenters. The number of carboxylic acids is 1. The largest absolute Gasteiger partial charge is 0.496 e. The summed E-state index contributed by atoms with van der Waals surface area (Å²) in [4.78, 5) is 15.9. The van der Waals surface area contributed by atoms with E-state index < -0.39 is 5.97 Å². The standard InChI is InChI=1S/C23H22N4O3/c1-13-6-5-7-14(2)22(13)27-12-24-21(15(27)3)19-11-18(25-26-19)16-8-9-17(23(28)29)20(10-16)30-4/h5-12H,1-4H3,(H,25,26)(H,28,29). The number of methoxy groups -OCH3 is 1. The van der Waals surface area contributed by atoms with Crippen LogP contribution in [-0.2, 0) is 0 Å². The number of ether oxygens (including phenoxy) is 1. The molecule has 0 unspecified atom stereocenters. The minimum Gasteiger partial charge on any atom is -0.496 e. The molecule has 0 spiro atoms. The Morgan fingerprint density at radius 2 is 1.83 bits per heavy atom. The second-order valence-corrected chi connectivity index (χ2v) is 7.18. The number of carbonyl (C=O) groups is 1. The molecule has 152 valence electrons. The lowest BCUT2D eigenvalue weighted by Gasteiger charge is -2.12. The van der Waals surface area contributed by atoms with Crippen molar-refractivity contribution < 1.29 is 14.6 Å². The lowest BCUT2D eigenvalue weighted by molar-refractivity contribution is 0.0693. The van der Waals surface area contributed by atoms with Crippen molar-refractivity contribution in [2.24, 2.45) is 0 Å². The molecule has 0 saturated carbocycles. The molecule has 0 aliphatic rings. The van der Waals surface area contributed by atoms with E-state index in [4.69, 9.17) is 4.74 Å². The van der Waals surface area contributed by atoms with Gasteiger partial charge in [0.1, 0.15) is 23.3 Å². The first-order chi connectivity index (χ1) is 14.4. The van der Waals surface area contributed by atoms with E-state index in [-0.39, 0.29) is 5.56 Å². The minimum absolute atomic E-state index is 0.111. The normalized spacial score (nSPS) is 10.9. The number of para-hydroxylation sites is 1. The van der Waals surface area contributed by atoms with E-state index in [1.165, 1.54) is 24.3 Å². The van der Waals surface area contributed by atoms with E-state index in [9.17, 15) is 9.90 Å². The van der Waals surface area contributed by atoms with Gasteiger partial charge in [-0.2, -0.15) is 5.10 Å². The molecule has 0 fully saturated rings. The van der Waals surface area contributed by atoms with E-state index in [0.717, 1.165) is 28.3 Å². The summed E-state index contributed by atoms with van der Waals surface area (Å²) in [5.41, 5.74) is 7.63. The highest BCUT2D eigenvalue weighted by Crippen LogP contribution is 2.30. The highest BCUT2D eigenvalue weighted by atomic mass is 16.5. The highest BCUT2D eigenvalue weighted by Gasteiger charge is 2.17. The predicted octanol–water partition coefficient (Wildman–Crippen LogP) is 4.56. The number of aromatic carboxylic acids is 1. The first kappa shape index (κ1) is 19.4. The lowest BCUT2D eigenvalue weighted by Crippen LogP contribution is -2.00. The van der Waals surface area contributed by atoms with Crippen LogP contribution in [0.3, 0.4) is 0 Å². The summed E-state index contributed by atoms with van der Waals surface area (Å²) in [5, 5.41) is 16.7. The molecule has 0 bridgehead atoms. The van der Waals surface area contributed by atoms with Gasteiger partial charge in [-0.3, -0.25) is 5.10 Å². The second kappa shape index (κ2) is 7.51. The Labute approximate surface area is 174 Å². The van der Waals surface area contributed by atoms with Crippen molar-refractivity contribution in [3.05, 3.63) is 71.2 Å². The first-order valence-corrected chi connectivity index (χ1v) is 9.48. The number of aromatic nitrogens is 4. The number of rotatable bonds is 5. The van der Waals surface area contributed by atoms with Gasteiger partial charge in [0.15, 0.2) is 0 Å². The van der Waals surface area contributed by atoms with Crippen LogP contribution < -0.4 is 4.74 Å². The number of nitrogens with one attached hydrogen (secondary N) is 1. The first-order valence-electron chi connectivity index (χ1n) is 9.48. The van der Waals surface area contributed by atoms with Gasteiger partial charge in [-0.1, -0.05) is 24.3 Å². The van der Waals surface area contributed by atoms with Gasteiger partial charge in [0.2, 0.25) is 0 Å². The van der Waals surface area contributed by atoms with Crippen molar-refractivity contribution in [3.8, 4) is 34.1 Å². The number of H-pyrrole nitrogens is 1. The van der Waals surface area contributed by atoms with Crippen LogP contribution in [0.25, 0.3) is 28.3 Å². The van der Waals surface area contributed by atoms with Gasteiger partial charge in [0, 0.05) is 11.3 Å². The zero-order valence-corrected chi connectivity index (χ0v) is 17.2. The Kier molecular flexibility index (Phi) is 4.87. The molecule has 0 aliphatic heterocycles. The van der Waals surface area contributed by atoms with Crippen LogP contribution in [0.2, 0.25) is 0 Å². The van der Waals surface area contributed by atoms with Crippen LogP contribution in [0.5, 0.6) is 5.75 Å². The molecule has 2 aromatic heterocycles. The third-order valence-corrected chi connectivity index (χ3v) is 5.25. The van der Waals surface area contributed by atoms with Crippen molar-refractivity contribution >= 4 is 5.97 Å². The van der Waals surface area contributed by atoms with Gasteiger partial charge in [-0.15, -0.1) is 0 Å². The van der Waals surface area contributed by atoms with Crippen LogP contribution in [-0.4, -0.2) is 37.9 Å². The summed E-state index contributed by atoms with van der Waals surface area (Å²) in [6.07, 6.45) is 1.82. The quantitative estimate of drug-likeness (QED) is 0.510. The Balaban J connectivity index is 1.72. The van der Waals surface area contributed by atoms with E-state index in [1.807, 2.05) is 25.4 Å². The Morgan fingerprint density at radius 1 is 1.10 bits per heavy atom. The maximum absolute atomic E-state index is 11.3. The number of aromatic amines is 1. The van der Waals surface area contributed by atoms with Gasteiger partial charge in [0.25, 0.3) is 0 Å². The molecule has 0 amide bonds. The molecule has 30 heavy (non-hydrogen) atoms. The number of hydrogen-bond acceptors (Lipinski definition) is 4. The van der Waals surface area contributed by atoms with Crippen molar-refractivity contribution in [2.45, 2.75) is 20.8 Å². The van der Waals surface area contributed by atoms with Crippen molar-refractivity contribution in [2.75, 3.05) is 7.11 Å². The molecule has 2 heterocycles. The van der Waals surface area contributed by atoms with Crippen LogP contribution in [0, 0.1) is 20.8 Å². The average Bonchev–Trinajstić information content (AvgIpc) is 3.34. The molecule has 0 saturated heterocycles. The van der Waals surface area contributed by atoms with E-state index >= 15 is 0 Å². The van der Waals surface area contributed by atoms with Gasteiger partial charge in [-0.25, -0.2) is 9.78 Å². The lowest BCUT2D eigenvalue weighted by atomic mass is 10.1. The third-order valence-electron chi connectivity index (χ3n) is 5.25. The van der Waals surface area contributed by atoms with Gasteiger partial charge in [0.05, 0.1) is 24.2 Å². The van der Waals surface area contributed by atoms with Crippen molar-refractivity contribution in [3.63, 3.8) is 0 Å². The molecule has 0 radical (unpaired) electrons. The van der Waals surface area contributed by atoms with E-state index in [1.54, 1.807) is 12.1 Å². The van der Waals surface area contributed by atoms with Gasteiger partial charge in [-0.05, 0) is 50.1 Å². The van der Waals surface area contributed by atoms with Gasteiger partial charge < -0.3 is 14.4 Å². The summed E-state index contributed by atoms with van der Waals surface area (Å²) in [5.74, 6) is -0.742. The zero-order valence-electron chi connectivity index (χ0n) is 17.2. The Hall–Kier alpha value is -3.87. The highest BCUT2D eigenvalue weighted by molar-refractivity contribution is 5.92. The van der Waals surface area contributed by atoms with Crippen LogP contribution in [0.4, 0.5) is 0 Å². The van der Waals surface area contributed by atoms with Gasteiger partial charge >= 0.3 is 5.97 Å². The summed E-state index contributed by atoms with van der Waals surface area (Å²) in [7, 11) is 1.45. The SMILES string of the molecule is COc1cc(-c2cc(-c3ncn(-c4c(C)cccc4C)c3C)[nH]n2)ccc1C(=O)O. The average molecular weight is 402 g/mol. The molecule has 2 N–H and O–H groups in total. The Morgan fingerprint density at radius 3 is 2.50 bits per heavy atom. The fourth-order valence-electron chi connectivity index (χ4n) is 3.70. The van der Waals surface area contributed by atoms with E-state index in [2.05, 4.69) is 45.7 Å². The fourth-order valence-corrected chi connectivity index (χ4v) is 3.70. The summed E-state index contributed by atoms with van der Waals surface area (Å²) in [6, 6.07) is 13.0. The number of benzene rings is 2. The number of nitrogens with zero attached hydrogens (tertiary/aromatic N) is 3. The van der Waals surface area contributed by atoms with Crippen LogP contribution in [0.1, 0.15) is 27.2 Å². The molecule has 7 nitrogen and oxygen atoms in total. The molecule has 4 rings (SSSR count). The number of hydrogen-bond donors (Lipinski definition) is 2. The molecule has 0 aliphatic carbocycles. The molecule has 4 aromatic rings. The van der Waals surface area contributed by atoms with E-state index in [0.29, 0.717) is 11.4 Å². The predicted molar refractivity (Wildman–Crippen MR) is 114 cm³/mol. The number of aryl methyl sites for hydroxylation is 2. The topological polar surface area (TPSA) is 93.0 Å². The number of imidazole rings is 1. The molecular formula is C23H22N4O3. The van der Waals surface area contributed by atoms with Crippen LogP contribution >= 0.6 is 0 Å². The molecular weight excluding hydrogens is 380 g/mol. The Bertz CT molecular complexity index is 1230. The maximum atomic E-state index is 11.3. The zero-order chi connectivity index (χ0) is 21.4. The molecule has 2 aromatic carbocycles. The summed E-state index contributed by atoms with van der Waals surface area (Å²) < 4.78 is 7.31. The summed E-state index contributed by atoms with van der Waals surface area (Å²) in [6.45, 7) is 6.20. The third kappa shape index (κ3) is 3.24. The van der Waals surface area contributed by atoms with Crippen molar-refractivity contribution in [1.29, 1.82) is 0 Å².